The SMILES string of the molecule is CCCOc1ccc(C2=C(Nc3ccc(C)c(C)c3)C(=O)N(c3ccccc3)C2=O)cc1. The van der Waals surface area contributed by atoms with Gasteiger partial charge in [-0.1, -0.05) is 43.3 Å². The molecule has 1 aliphatic rings. The highest BCUT2D eigenvalue weighted by molar-refractivity contribution is 6.46. The van der Waals surface area contributed by atoms with Crippen LogP contribution in [0.1, 0.15) is 30.0 Å². The van der Waals surface area contributed by atoms with E-state index in [9.17, 15) is 9.59 Å². The molecule has 32 heavy (non-hydrogen) atoms. The van der Waals surface area contributed by atoms with Crippen molar-refractivity contribution in [3.8, 4) is 5.75 Å². The molecule has 0 saturated heterocycles. The third-order valence-corrected chi connectivity index (χ3v) is 5.49. The molecular weight excluding hydrogens is 400 g/mol. The molecule has 4 rings (SSSR count). The Labute approximate surface area is 188 Å². The molecule has 0 atom stereocenters. The minimum absolute atomic E-state index is 0.268. The number of aryl methyl sites for hydroxylation is 2. The Morgan fingerprint density at radius 1 is 0.844 bits per heavy atom. The van der Waals surface area contributed by atoms with Gasteiger partial charge in [-0.3, -0.25) is 9.59 Å². The van der Waals surface area contributed by atoms with Crippen LogP contribution >= 0.6 is 0 Å². The topological polar surface area (TPSA) is 58.6 Å². The van der Waals surface area contributed by atoms with Crippen LogP contribution in [0.5, 0.6) is 5.75 Å². The van der Waals surface area contributed by atoms with E-state index < -0.39 is 0 Å². The van der Waals surface area contributed by atoms with Crippen LogP contribution in [0.25, 0.3) is 5.57 Å². The number of para-hydroxylation sites is 1. The molecule has 1 heterocycles. The lowest BCUT2D eigenvalue weighted by Crippen LogP contribution is -2.32. The zero-order valence-electron chi connectivity index (χ0n) is 18.5. The Morgan fingerprint density at radius 2 is 1.56 bits per heavy atom. The van der Waals surface area contributed by atoms with Crippen LogP contribution in [-0.2, 0) is 9.59 Å². The molecular formula is C27H26N2O3. The summed E-state index contributed by atoms with van der Waals surface area (Å²) < 4.78 is 5.66. The van der Waals surface area contributed by atoms with E-state index in [4.69, 9.17) is 4.74 Å². The monoisotopic (exact) mass is 426 g/mol. The summed E-state index contributed by atoms with van der Waals surface area (Å²) in [6.45, 7) is 6.72. The number of nitrogens with one attached hydrogen (secondary N) is 1. The standard InChI is InChI=1S/C27H26N2O3/c1-4-16-32-23-14-11-20(12-15-23)24-25(28-21-13-10-18(2)19(3)17-21)27(31)29(26(24)30)22-8-6-5-7-9-22/h5-15,17,28H,4,16H2,1-3H3. The Bertz CT molecular complexity index is 1180. The lowest BCUT2D eigenvalue weighted by atomic mass is 10.0. The van der Waals surface area contributed by atoms with Crippen molar-refractivity contribution in [2.75, 3.05) is 16.8 Å². The first kappa shape index (κ1) is 21.4. The minimum Gasteiger partial charge on any atom is -0.494 e. The second-order valence-corrected chi connectivity index (χ2v) is 7.83. The number of rotatable bonds is 7. The second-order valence-electron chi connectivity index (χ2n) is 7.83. The Balaban J connectivity index is 1.76. The summed E-state index contributed by atoms with van der Waals surface area (Å²) in [6.07, 6.45) is 0.913. The maximum atomic E-state index is 13.5. The van der Waals surface area contributed by atoms with Crippen molar-refractivity contribution in [2.24, 2.45) is 0 Å². The van der Waals surface area contributed by atoms with Crippen LogP contribution in [0.4, 0.5) is 11.4 Å². The molecule has 0 aromatic heterocycles. The maximum absolute atomic E-state index is 13.5. The number of imide groups is 1. The van der Waals surface area contributed by atoms with Gasteiger partial charge in [-0.2, -0.15) is 0 Å². The van der Waals surface area contributed by atoms with Gasteiger partial charge in [-0.05, 0) is 73.4 Å². The molecule has 5 heteroatoms. The largest absolute Gasteiger partial charge is 0.494 e. The lowest BCUT2D eigenvalue weighted by molar-refractivity contribution is -0.120. The van der Waals surface area contributed by atoms with Gasteiger partial charge in [0.25, 0.3) is 11.8 Å². The fourth-order valence-electron chi connectivity index (χ4n) is 3.63. The Kier molecular flexibility index (Phi) is 6.08. The predicted molar refractivity (Wildman–Crippen MR) is 128 cm³/mol. The lowest BCUT2D eigenvalue weighted by Gasteiger charge is -2.15. The van der Waals surface area contributed by atoms with Gasteiger partial charge in [0.1, 0.15) is 11.4 Å². The molecule has 2 amide bonds. The summed E-state index contributed by atoms with van der Waals surface area (Å²) in [7, 11) is 0. The molecule has 1 aliphatic heterocycles. The molecule has 162 valence electrons. The molecule has 3 aromatic carbocycles. The van der Waals surface area contributed by atoms with Crippen LogP contribution in [0, 0.1) is 13.8 Å². The number of nitrogens with zero attached hydrogens (tertiary/aromatic N) is 1. The number of carbonyl (C=O) groups is 2. The first-order chi connectivity index (χ1) is 15.5. The van der Waals surface area contributed by atoms with E-state index in [1.54, 1.807) is 12.1 Å². The van der Waals surface area contributed by atoms with Crippen LogP contribution in [0.3, 0.4) is 0 Å². The first-order valence-corrected chi connectivity index (χ1v) is 10.7. The van der Waals surface area contributed by atoms with E-state index >= 15 is 0 Å². The average molecular weight is 427 g/mol. The number of amides is 2. The van der Waals surface area contributed by atoms with Crippen LogP contribution in [0.2, 0.25) is 0 Å². The van der Waals surface area contributed by atoms with Crippen molar-refractivity contribution in [1.82, 2.24) is 0 Å². The molecule has 0 spiro atoms. The number of hydrogen-bond donors (Lipinski definition) is 1. The van der Waals surface area contributed by atoms with Crippen molar-refractivity contribution >= 4 is 28.8 Å². The maximum Gasteiger partial charge on any atom is 0.282 e. The number of ether oxygens (including phenoxy) is 1. The summed E-state index contributed by atoms with van der Waals surface area (Å²) in [4.78, 5) is 28.1. The number of carbonyl (C=O) groups excluding carboxylic acids is 2. The number of hydrogen-bond acceptors (Lipinski definition) is 4. The molecule has 1 N–H and O–H groups in total. The van der Waals surface area contributed by atoms with Crippen LogP contribution in [-0.4, -0.2) is 18.4 Å². The molecule has 0 fully saturated rings. The number of benzene rings is 3. The summed E-state index contributed by atoms with van der Waals surface area (Å²) in [5.74, 6) is 0.00653. The van der Waals surface area contributed by atoms with E-state index in [1.807, 2.05) is 81.4 Å². The van der Waals surface area contributed by atoms with Gasteiger partial charge in [0.2, 0.25) is 0 Å². The van der Waals surface area contributed by atoms with Gasteiger partial charge >= 0.3 is 0 Å². The Hall–Kier alpha value is -3.86. The predicted octanol–water partition coefficient (Wildman–Crippen LogP) is 5.49. The van der Waals surface area contributed by atoms with Crippen molar-refractivity contribution in [3.63, 3.8) is 0 Å². The highest BCUT2D eigenvalue weighted by Gasteiger charge is 2.40. The van der Waals surface area contributed by atoms with Gasteiger partial charge in [-0.25, -0.2) is 4.90 Å². The van der Waals surface area contributed by atoms with E-state index in [2.05, 4.69) is 5.32 Å². The van der Waals surface area contributed by atoms with Crippen molar-refractivity contribution in [2.45, 2.75) is 27.2 Å². The van der Waals surface area contributed by atoms with Gasteiger partial charge < -0.3 is 10.1 Å². The van der Waals surface area contributed by atoms with Crippen molar-refractivity contribution < 1.29 is 14.3 Å². The molecule has 0 radical (unpaired) electrons. The van der Waals surface area contributed by atoms with Crippen molar-refractivity contribution in [1.29, 1.82) is 0 Å². The van der Waals surface area contributed by atoms with E-state index in [-0.39, 0.29) is 17.5 Å². The molecule has 0 saturated carbocycles. The summed E-state index contributed by atoms with van der Waals surface area (Å²) in [5, 5.41) is 3.22. The Morgan fingerprint density at radius 3 is 2.22 bits per heavy atom. The highest BCUT2D eigenvalue weighted by atomic mass is 16.5. The minimum atomic E-state index is -0.374. The van der Waals surface area contributed by atoms with Gasteiger partial charge in [0.05, 0.1) is 17.9 Å². The third kappa shape index (κ3) is 4.14. The highest BCUT2D eigenvalue weighted by Crippen LogP contribution is 2.34. The second kappa shape index (κ2) is 9.10. The smallest absolute Gasteiger partial charge is 0.282 e. The van der Waals surface area contributed by atoms with E-state index in [0.29, 0.717) is 23.4 Å². The average Bonchev–Trinajstić information content (AvgIpc) is 3.05. The first-order valence-electron chi connectivity index (χ1n) is 10.7. The van der Waals surface area contributed by atoms with E-state index in [1.165, 1.54) is 4.90 Å². The summed E-state index contributed by atoms with van der Waals surface area (Å²) >= 11 is 0. The summed E-state index contributed by atoms with van der Waals surface area (Å²) in [5.41, 5.74) is 4.85. The summed E-state index contributed by atoms with van der Waals surface area (Å²) in [6, 6.07) is 22.2. The third-order valence-electron chi connectivity index (χ3n) is 5.49. The fraction of sp³-hybridized carbons (Fsp3) is 0.185. The zero-order valence-corrected chi connectivity index (χ0v) is 18.5. The van der Waals surface area contributed by atoms with E-state index in [0.717, 1.165) is 29.0 Å². The van der Waals surface area contributed by atoms with Gasteiger partial charge in [0.15, 0.2) is 0 Å². The van der Waals surface area contributed by atoms with Crippen molar-refractivity contribution in [3.05, 3.63) is 95.2 Å². The van der Waals surface area contributed by atoms with Gasteiger partial charge in [-0.15, -0.1) is 0 Å². The normalized spacial score (nSPS) is 13.7. The fourth-order valence-corrected chi connectivity index (χ4v) is 3.63. The number of anilines is 2. The van der Waals surface area contributed by atoms with Crippen LogP contribution < -0.4 is 15.0 Å². The molecule has 0 bridgehead atoms. The molecule has 0 aliphatic carbocycles. The van der Waals surface area contributed by atoms with Crippen LogP contribution in [0.15, 0.2) is 78.5 Å². The molecule has 3 aromatic rings. The zero-order chi connectivity index (χ0) is 22.7. The molecule has 0 unspecified atom stereocenters. The molecule has 5 nitrogen and oxygen atoms in total. The quantitative estimate of drug-likeness (QED) is 0.508. The van der Waals surface area contributed by atoms with Gasteiger partial charge in [0, 0.05) is 5.69 Å².